The number of benzene rings is 2. The van der Waals surface area contributed by atoms with E-state index in [9.17, 15) is 19.2 Å². The van der Waals surface area contributed by atoms with Crippen molar-refractivity contribution in [3.8, 4) is 11.3 Å². The van der Waals surface area contributed by atoms with E-state index in [0.29, 0.717) is 19.6 Å². The van der Waals surface area contributed by atoms with E-state index in [2.05, 4.69) is 57.3 Å². The molecule has 4 N–H and O–H groups in total. The van der Waals surface area contributed by atoms with Crippen LogP contribution in [0.25, 0.3) is 11.3 Å². The van der Waals surface area contributed by atoms with Crippen molar-refractivity contribution in [2.24, 2.45) is 16.8 Å². The van der Waals surface area contributed by atoms with Gasteiger partial charge >= 0.3 is 12.2 Å². The number of carbonyl (C=O) groups is 4. The quantitative estimate of drug-likeness (QED) is 0.146. The monoisotopic (exact) mass is 802 g/mol. The summed E-state index contributed by atoms with van der Waals surface area (Å²) in [4.78, 5) is 72.7. The number of fused-ring (bicyclic) bond motifs is 2. The van der Waals surface area contributed by atoms with Crippen molar-refractivity contribution < 1.29 is 28.7 Å². The first kappa shape index (κ1) is 39.5. The Kier molecular flexibility index (Phi) is 11.9. The summed E-state index contributed by atoms with van der Waals surface area (Å²) in [5, 5.41) is 9.06. The zero-order valence-corrected chi connectivity index (χ0v) is 34.2. The van der Waals surface area contributed by atoms with E-state index in [1.165, 1.54) is 28.9 Å². The van der Waals surface area contributed by atoms with Crippen LogP contribution in [0.2, 0.25) is 0 Å². The van der Waals surface area contributed by atoms with E-state index in [4.69, 9.17) is 19.5 Å². The smallest absolute Gasteiger partial charge is 0.407 e. The van der Waals surface area contributed by atoms with E-state index >= 15 is 0 Å². The van der Waals surface area contributed by atoms with Gasteiger partial charge in [0.05, 0.1) is 50.8 Å². The van der Waals surface area contributed by atoms with Crippen molar-refractivity contribution in [2.75, 3.05) is 33.9 Å². The molecule has 7 rings (SSSR count). The summed E-state index contributed by atoms with van der Waals surface area (Å²) in [5.41, 5.74) is 3.04. The number of H-pyrrole nitrogens is 1. The number of amides is 4. The number of nitrogens with one attached hydrogen (secondary N) is 4. The maximum Gasteiger partial charge on any atom is 0.407 e. The summed E-state index contributed by atoms with van der Waals surface area (Å²) in [6.45, 7) is 9.44. The summed E-state index contributed by atoms with van der Waals surface area (Å²) in [6, 6.07) is 11.3. The molecule has 0 bridgehead atoms. The molecule has 16 heteroatoms. The second-order valence-electron chi connectivity index (χ2n) is 15.3. The van der Waals surface area contributed by atoms with Crippen molar-refractivity contribution in [3.05, 3.63) is 54.0 Å². The molecule has 0 aliphatic carbocycles. The summed E-state index contributed by atoms with van der Waals surface area (Å²) < 4.78 is 9.55. The number of methoxy groups -OCH3 is 2. The molecule has 56 heavy (non-hydrogen) atoms. The first-order valence-electron chi connectivity index (χ1n) is 19.3. The molecule has 1 unspecified atom stereocenters. The highest BCUT2D eigenvalue weighted by molar-refractivity contribution is 8.05. The Morgan fingerprint density at radius 1 is 0.786 bits per heavy atom. The van der Waals surface area contributed by atoms with Crippen LogP contribution in [-0.4, -0.2) is 102 Å². The highest BCUT2D eigenvalue weighted by Gasteiger charge is 2.40. The number of ether oxygens (including phenoxy) is 2. The van der Waals surface area contributed by atoms with Gasteiger partial charge in [-0.25, -0.2) is 14.6 Å². The first-order valence-corrected chi connectivity index (χ1v) is 20.9. The molecule has 0 spiro atoms. The molecular formula is C40H50N8O6S2. The van der Waals surface area contributed by atoms with Gasteiger partial charge in [0, 0.05) is 38.2 Å². The Morgan fingerprint density at radius 2 is 1.36 bits per heavy atom. The molecule has 0 saturated carbocycles. The minimum atomic E-state index is -0.686. The van der Waals surface area contributed by atoms with Gasteiger partial charge in [-0.15, -0.1) is 0 Å². The average molecular weight is 803 g/mol. The minimum Gasteiger partial charge on any atom is -0.453 e. The van der Waals surface area contributed by atoms with E-state index in [1.54, 1.807) is 23.5 Å². The van der Waals surface area contributed by atoms with Gasteiger partial charge in [0.15, 0.2) is 0 Å². The molecule has 1 aromatic heterocycles. The summed E-state index contributed by atoms with van der Waals surface area (Å²) in [5.74, 6) is 1.11. The summed E-state index contributed by atoms with van der Waals surface area (Å²) in [7, 11) is 2.59. The third kappa shape index (κ3) is 8.08. The molecule has 0 radical (unpaired) electrons. The number of aliphatic imine (C=N–C) groups is 1. The zero-order chi connectivity index (χ0) is 39.7. The first-order chi connectivity index (χ1) is 26.9. The Balaban J connectivity index is 0.999. The predicted molar refractivity (Wildman–Crippen MR) is 214 cm³/mol. The lowest BCUT2D eigenvalue weighted by molar-refractivity contribution is -0.135. The van der Waals surface area contributed by atoms with Crippen LogP contribution in [0.5, 0.6) is 0 Å². The van der Waals surface area contributed by atoms with Crippen LogP contribution in [-0.2, 0) is 19.1 Å². The fourth-order valence-corrected chi connectivity index (χ4v) is 10.2. The second kappa shape index (κ2) is 16.8. The number of likely N-dealkylation sites (tertiary alicyclic amines) is 2. The molecule has 298 valence electrons. The van der Waals surface area contributed by atoms with Crippen LogP contribution in [0.3, 0.4) is 0 Å². The van der Waals surface area contributed by atoms with Gasteiger partial charge in [0.25, 0.3) is 0 Å². The molecule has 4 amide bonds. The van der Waals surface area contributed by atoms with Crippen LogP contribution in [0.15, 0.2) is 67.2 Å². The van der Waals surface area contributed by atoms with Crippen molar-refractivity contribution in [2.45, 2.75) is 103 Å². The van der Waals surface area contributed by atoms with Crippen LogP contribution in [0.4, 0.5) is 9.59 Å². The molecule has 5 atom stereocenters. The number of aromatic nitrogens is 2. The third-order valence-corrected chi connectivity index (χ3v) is 13.4. The van der Waals surface area contributed by atoms with E-state index < -0.39 is 24.3 Å². The van der Waals surface area contributed by atoms with Crippen molar-refractivity contribution in [1.29, 1.82) is 0 Å². The lowest BCUT2D eigenvalue weighted by Gasteiger charge is -2.31. The van der Waals surface area contributed by atoms with Gasteiger partial charge in [-0.1, -0.05) is 63.4 Å². The summed E-state index contributed by atoms with van der Waals surface area (Å²) >= 11 is 3.49. The van der Waals surface area contributed by atoms with Crippen LogP contribution >= 0.6 is 23.5 Å². The molecule has 14 nitrogen and oxygen atoms in total. The molecular weight excluding hydrogens is 753 g/mol. The fraction of sp³-hybridized carbons (Fsp3) is 0.500. The highest BCUT2D eigenvalue weighted by atomic mass is 32.2. The van der Waals surface area contributed by atoms with Crippen molar-refractivity contribution >= 4 is 53.4 Å². The predicted octanol–water partition coefficient (Wildman–Crippen LogP) is 6.15. The number of rotatable bonds is 10. The minimum absolute atomic E-state index is 0.00246. The largest absolute Gasteiger partial charge is 0.453 e. The van der Waals surface area contributed by atoms with Gasteiger partial charge in [0.1, 0.15) is 23.7 Å². The molecule has 2 aromatic carbocycles. The number of aromatic amines is 1. The topological polar surface area (TPSA) is 170 Å². The maximum absolute atomic E-state index is 13.6. The van der Waals surface area contributed by atoms with Gasteiger partial charge in [0.2, 0.25) is 11.8 Å². The molecule has 3 aromatic rings. The van der Waals surface area contributed by atoms with E-state index in [0.717, 1.165) is 59.1 Å². The zero-order valence-electron chi connectivity index (χ0n) is 32.6. The number of hydrogen-bond acceptors (Lipinski definition) is 11. The van der Waals surface area contributed by atoms with Crippen molar-refractivity contribution in [1.82, 2.24) is 35.7 Å². The second-order valence-corrected chi connectivity index (χ2v) is 17.4. The molecule has 5 heterocycles. The average Bonchev–Trinajstić information content (AvgIpc) is 4.03. The van der Waals surface area contributed by atoms with Gasteiger partial charge in [-0.3, -0.25) is 14.6 Å². The number of imidazole rings is 1. The van der Waals surface area contributed by atoms with E-state index in [-0.39, 0.29) is 41.8 Å². The number of hydrogen-bond donors (Lipinski definition) is 4. The Morgan fingerprint density at radius 3 is 1.96 bits per heavy atom. The molecule has 2 fully saturated rings. The van der Waals surface area contributed by atoms with Crippen molar-refractivity contribution in [3.63, 3.8) is 0 Å². The standard InChI is InChI=1S/C40H50N8O6S2/c1-21(2)33(45-39(51)53-5)37(49)47-15-7-9-27(47)35-41-19-25(43-35)23-11-13-29-31(17-23)55-30-14-12-24(18-32(30)56-29)26-20-42-36(44-26)28-10-8-16-48(28)38(50)34(22(3)4)46-40(52)54-6/h11-14,17-19,21-22,26-28,33-34H,7-10,15-16,20H2,1-6H3,(H,41,43)(H,42,44)(H,45,51)(H,46,52)/t26?,27-,28-,33-,34-/m0/s1. The number of nitrogens with zero attached hydrogens (tertiary/aromatic N) is 4. The number of alkyl carbamates (subject to hydrolysis) is 2. The number of amidine groups is 1. The van der Waals surface area contributed by atoms with Gasteiger partial charge < -0.3 is 40.2 Å². The molecule has 4 aliphatic rings. The summed E-state index contributed by atoms with van der Waals surface area (Å²) in [6.07, 6.45) is 3.92. The van der Waals surface area contributed by atoms with Crippen LogP contribution < -0.4 is 16.0 Å². The van der Waals surface area contributed by atoms with Gasteiger partial charge in [-0.05, 0) is 67.3 Å². The highest BCUT2D eigenvalue weighted by Crippen LogP contribution is 2.50. The van der Waals surface area contributed by atoms with Gasteiger partial charge in [-0.2, -0.15) is 0 Å². The molecule has 4 aliphatic heterocycles. The molecule has 2 saturated heterocycles. The SMILES string of the molecule is COC(=O)N[C@H](C(=O)N1CCC[C@H]1C1=NCC(c2ccc3c(c2)Sc2ccc(-c4cnc([C@@H]5CCCN5C(=O)[C@@H](NC(=O)OC)C(C)C)[nH]4)cc2S3)N1)C(C)C. The lowest BCUT2D eigenvalue weighted by Crippen LogP contribution is -2.54. The third-order valence-electron chi connectivity index (χ3n) is 10.9. The Bertz CT molecular complexity index is 2020. The van der Waals surface area contributed by atoms with Crippen LogP contribution in [0, 0.1) is 11.8 Å². The van der Waals surface area contributed by atoms with E-state index in [1.807, 2.05) is 43.7 Å². The van der Waals surface area contributed by atoms with Crippen LogP contribution in [0.1, 0.15) is 76.8 Å². The lowest BCUT2D eigenvalue weighted by atomic mass is 10.0. The number of carbonyl (C=O) groups excluding carboxylic acids is 4. The fourth-order valence-electron chi connectivity index (χ4n) is 7.87. The Hall–Kier alpha value is -4.70. The normalized spacial score (nSPS) is 21.2. The Labute approximate surface area is 335 Å². The maximum atomic E-state index is 13.6.